The van der Waals surface area contributed by atoms with Gasteiger partial charge in [0.2, 0.25) is 0 Å². The standard InChI is InChI=1S/C15H19NO2/c1-16(10-15(11-17)6-7-15)8-12-9-18-14-5-3-2-4-13(12)14/h2-5,9,17H,6-8,10-11H2,1H3. The zero-order valence-corrected chi connectivity index (χ0v) is 10.7. The quantitative estimate of drug-likeness (QED) is 0.879. The fraction of sp³-hybridized carbons (Fsp3) is 0.467. The first-order chi connectivity index (χ1) is 8.72. The lowest BCUT2D eigenvalue weighted by Crippen LogP contribution is -2.28. The second kappa shape index (κ2) is 4.41. The molecule has 3 rings (SSSR count). The van der Waals surface area contributed by atoms with Crippen LogP contribution in [-0.2, 0) is 6.54 Å². The van der Waals surface area contributed by atoms with Gasteiger partial charge in [-0.25, -0.2) is 0 Å². The van der Waals surface area contributed by atoms with Gasteiger partial charge in [0.1, 0.15) is 5.58 Å². The molecule has 3 nitrogen and oxygen atoms in total. The number of aliphatic hydroxyl groups is 1. The maximum atomic E-state index is 9.36. The Bertz CT molecular complexity index is 542. The number of fused-ring (bicyclic) bond motifs is 1. The van der Waals surface area contributed by atoms with Crippen molar-refractivity contribution in [3.63, 3.8) is 0 Å². The van der Waals surface area contributed by atoms with Gasteiger partial charge in [0.15, 0.2) is 0 Å². The van der Waals surface area contributed by atoms with Crippen molar-refractivity contribution < 1.29 is 9.52 Å². The highest BCUT2D eigenvalue weighted by atomic mass is 16.3. The molecule has 0 amide bonds. The molecule has 1 N–H and O–H groups in total. The SMILES string of the molecule is CN(Cc1coc2ccccc12)CC1(CO)CC1. The summed E-state index contributed by atoms with van der Waals surface area (Å²) in [6.45, 7) is 2.14. The largest absolute Gasteiger partial charge is 0.464 e. The summed E-state index contributed by atoms with van der Waals surface area (Å²) >= 11 is 0. The monoisotopic (exact) mass is 245 g/mol. The topological polar surface area (TPSA) is 36.6 Å². The fourth-order valence-corrected chi connectivity index (χ4v) is 2.62. The van der Waals surface area contributed by atoms with Gasteiger partial charge in [0.05, 0.1) is 6.26 Å². The van der Waals surface area contributed by atoms with Crippen molar-refractivity contribution in [2.24, 2.45) is 5.41 Å². The predicted octanol–water partition coefficient (Wildman–Crippen LogP) is 2.64. The van der Waals surface area contributed by atoms with E-state index in [2.05, 4.69) is 18.0 Å². The summed E-state index contributed by atoms with van der Waals surface area (Å²) in [5.74, 6) is 0. The first-order valence-electron chi connectivity index (χ1n) is 6.47. The van der Waals surface area contributed by atoms with Crippen molar-refractivity contribution in [1.29, 1.82) is 0 Å². The molecule has 2 aromatic rings. The van der Waals surface area contributed by atoms with Crippen molar-refractivity contribution in [2.45, 2.75) is 19.4 Å². The second-order valence-electron chi connectivity index (χ2n) is 5.59. The normalized spacial score (nSPS) is 17.5. The molecule has 18 heavy (non-hydrogen) atoms. The molecule has 0 aliphatic heterocycles. The molecule has 1 fully saturated rings. The van der Waals surface area contributed by atoms with Gasteiger partial charge in [0.25, 0.3) is 0 Å². The summed E-state index contributed by atoms with van der Waals surface area (Å²) in [5.41, 5.74) is 2.35. The molecule has 0 atom stereocenters. The van der Waals surface area contributed by atoms with Crippen LogP contribution >= 0.6 is 0 Å². The van der Waals surface area contributed by atoms with Crippen LogP contribution in [0.2, 0.25) is 0 Å². The van der Waals surface area contributed by atoms with Gasteiger partial charge in [-0.15, -0.1) is 0 Å². The molecule has 1 heterocycles. The minimum absolute atomic E-state index is 0.175. The third-order valence-electron chi connectivity index (χ3n) is 3.90. The maximum absolute atomic E-state index is 9.36. The Morgan fingerprint density at radius 1 is 1.33 bits per heavy atom. The van der Waals surface area contributed by atoms with E-state index in [1.807, 2.05) is 24.5 Å². The Morgan fingerprint density at radius 2 is 2.11 bits per heavy atom. The molecule has 1 aliphatic rings. The van der Waals surface area contributed by atoms with Crippen molar-refractivity contribution >= 4 is 11.0 Å². The average Bonchev–Trinajstić information content (AvgIpc) is 3.04. The van der Waals surface area contributed by atoms with E-state index in [4.69, 9.17) is 4.42 Å². The van der Waals surface area contributed by atoms with Gasteiger partial charge in [-0.2, -0.15) is 0 Å². The molecule has 1 saturated carbocycles. The van der Waals surface area contributed by atoms with Crippen LogP contribution < -0.4 is 0 Å². The number of rotatable bonds is 5. The molecule has 1 aliphatic carbocycles. The van der Waals surface area contributed by atoms with Crippen LogP contribution in [0.15, 0.2) is 34.9 Å². The molecule has 0 radical (unpaired) electrons. The molecular weight excluding hydrogens is 226 g/mol. The zero-order chi connectivity index (χ0) is 12.6. The van der Waals surface area contributed by atoms with Gasteiger partial charge >= 0.3 is 0 Å². The van der Waals surface area contributed by atoms with E-state index in [-0.39, 0.29) is 5.41 Å². The maximum Gasteiger partial charge on any atom is 0.134 e. The smallest absolute Gasteiger partial charge is 0.134 e. The molecular formula is C15H19NO2. The lowest BCUT2D eigenvalue weighted by atomic mass is 10.1. The highest BCUT2D eigenvalue weighted by Crippen LogP contribution is 2.45. The Labute approximate surface area is 107 Å². The summed E-state index contributed by atoms with van der Waals surface area (Å²) in [4.78, 5) is 2.28. The molecule has 1 aromatic heterocycles. The summed E-state index contributed by atoms with van der Waals surface area (Å²) < 4.78 is 5.55. The first-order valence-corrected chi connectivity index (χ1v) is 6.47. The highest BCUT2D eigenvalue weighted by Gasteiger charge is 2.42. The Hall–Kier alpha value is -1.32. The molecule has 0 spiro atoms. The summed E-state index contributed by atoms with van der Waals surface area (Å²) in [5, 5.41) is 10.6. The predicted molar refractivity (Wildman–Crippen MR) is 71.3 cm³/mol. The lowest BCUT2D eigenvalue weighted by Gasteiger charge is -2.21. The number of furan rings is 1. The van der Waals surface area contributed by atoms with E-state index in [9.17, 15) is 5.11 Å². The Balaban J connectivity index is 1.72. The molecule has 96 valence electrons. The van der Waals surface area contributed by atoms with Gasteiger partial charge in [0, 0.05) is 36.1 Å². The number of benzene rings is 1. The highest BCUT2D eigenvalue weighted by molar-refractivity contribution is 5.80. The first kappa shape index (κ1) is 11.8. The van der Waals surface area contributed by atoms with Crippen LogP contribution in [-0.4, -0.2) is 30.2 Å². The minimum atomic E-state index is 0.175. The van der Waals surface area contributed by atoms with E-state index in [0.717, 1.165) is 31.5 Å². The van der Waals surface area contributed by atoms with Crippen molar-refractivity contribution in [1.82, 2.24) is 4.90 Å². The number of aliphatic hydroxyl groups excluding tert-OH is 1. The molecule has 0 saturated heterocycles. The lowest BCUT2D eigenvalue weighted by molar-refractivity contribution is 0.161. The van der Waals surface area contributed by atoms with Crippen LogP contribution in [0.1, 0.15) is 18.4 Å². The van der Waals surface area contributed by atoms with Crippen LogP contribution in [0.5, 0.6) is 0 Å². The number of para-hydroxylation sites is 1. The summed E-state index contributed by atoms with van der Waals surface area (Å²) in [6, 6.07) is 8.12. The molecule has 1 aromatic carbocycles. The number of hydrogen-bond donors (Lipinski definition) is 1. The molecule has 3 heteroatoms. The van der Waals surface area contributed by atoms with Gasteiger partial charge < -0.3 is 14.4 Å². The van der Waals surface area contributed by atoms with E-state index >= 15 is 0 Å². The van der Waals surface area contributed by atoms with Crippen LogP contribution in [0.25, 0.3) is 11.0 Å². The number of hydrogen-bond acceptors (Lipinski definition) is 3. The molecule has 0 bridgehead atoms. The van der Waals surface area contributed by atoms with Crippen molar-refractivity contribution in [2.75, 3.05) is 20.2 Å². The minimum Gasteiger partial charge on any atom is -0.464 e. The van der Waals surface area contributed by atoms with Crippen molar-refractivity contribution in [3.05, 3.63) is 36.1 Å². The molecule has 0 unspecified atom stereocenters. The average molecular weight is 245 g/mol. The van der Waals surface area contributed by atoms with Crippen LogP contribution in [0, 0.1) is 5.41 Å². The van der Waals surface area contributed by atoms with Crippen LogP contribution in [0.3, 0.4) is 0 Å². The Kier molecular flexibility index (Phi) is 2.88. The van der Waals surface area contributed by atoms with E-state index in [1.54, 1.807) is 0 Å². The van der Waals surface area contributed by atoms with E-state index < -0.39 is 0 Å². The van der Waals surface area contributed by atoms with E-state index in [1.165, 1.54) is 10.9 Å². The van der Waals surface area contributed by atoms with Crippen molar-refractivity contribution in [3.8, 4) is 0 Å². The Morgan fingerprint density at radius 3 is 2.83 bits per heavy atom. The third-order valence-corrected chi connectivity index (χ3v) is 3.90. The van der Waals surface area contributed by atoms with Gasteiger partial charge in [-0.3, -0.25) is 0 Å². The summed E-state index contributed by atoms with van der Waals surface area (Å²) in [7, 11) is 2.11. The van der Waals surface area contributed by atoms with Gasteiger partial charge in [-0.05, 0) is 26.0 Å². The third kappa shape index (κ3) is 2.16. The fourth-order valence-electron chi connectivity index (χ4n) is 2.62. The van der Waals surface area contributed by atoms with E-state index in [0.29, 0.717) is 6.61 Å². The second-order valence-corrected chi connectivity index (χ2v) is 5.59. The summed E-state index contributed by atoms with van der Waals surface area (Å²) in [6.07, 6.45) is 4.15. The number of nitrogens with zero attached hydrogens (tertiary/aromatic N) is 1. The van der Waals surface area contributed by atoms with Crippen LogP contribution in [0.4, 0.5) is 0 Å². The zero-order valence-electron chi connectivity index (χ0n) is 10.7. The van der Waals surface area contributed by atoms with Gasteiger partial charge in [-0.1, -0.05) is 18.2 Å².